The van der Waals surface area contributed by atoms with Crippen molar-refractivity contribution in [2.24, 2.45) is 11.8 Å². The molecule has 0 spiro atoms. The highest BCUT2D eigenvalue weighted by molar-refractivity contribution is 5.89. The largest absolute Gasteiger partial charge is 0.344 e. The minimum absolute atomic E-state index is 0.0239. The molecule has 2 aliphatic rings. The molecule has 1 saturated heterocycles. The van der Waals surface area contributed by atoms with E-state index in [0.29, 0.717) is 13.0 Å². The van der Waals surface area contributed by atoms with Crippen molar-refractivity contribution >= 4 is 11.8 Å². The first-order valence-corrected chi connectivity index (χ1v) is 8.68. The molecular weight excluding hydrogens is 264 g/mol. The summed E-state index contributed by atoms with van der Waals surface area (Å²) in [7, 11) is 0. The maximum Gasteiger partial charge on any atom is 0.245 e. The van der Waals surface area contributed by atoms with Gasteiger partial charge in [-0.3, -0.25) is 9.59 Å². The Morgan fingerprint density at radius 3 is 2.52 bits per heavy atom. The Balaban J connectivity index is 1.85. The number of nitrogens with zero attached hydrogens (tertiary/aromatic N) is 1. The van der Waals surface area contributed by atoms with Crippen LogP contribution in [-0.4, -0.2) is 35.8 Å². The van der Waals surface area contributed by atoms with E-state index in [2.05, 4.69) is 19.2 Å². The summed E-state index contributed by atoms with van der Waals surface area (Å²) in [4.78, 5) is 26.2. The molecule has 120 valence electrons. The predicted molar refractivity (Wildman–Crippen MR) is 83.8 cm³/mol. The van der Waals surface area contributed by atoms with Gasteiger partial charge in [-0.15, -0.1) is 0 Å². The lowest BCUT2D eigenvalue weighted by molar-refractivity contribution is -0.133. The lowest BCUT2D eigenvalue weighted by atomic mass is 9.81. The van der Waals surface area contributed by atoms with E-state index >= 15 is 0 Å². The van der Waals surface area contributed by atoms with Gasteiger partial charge in [-0.05, 0) is 24.7 Å². The Morgan fingerprint density at radius 1 is 1.14 bits per heavy atom. The minimum Gasteiger partial charge on any atom is -0.344 e. The van der Waals surface area contributed by atoms with E-state index in [1.807, 2.05) is 4.90 Å². The van der Waals surface area contributed by atoms with Crippen LogP contribution in [0, 0.1) is 11.8 Å². The summed E-state index contributed by atoms with van der Waals surface area (Å²) < 4.78 is 0. The first kappa shape index (κ1) is 16.3. The van der Waals surface area contributed by atoms with Gasteiger partial charge < -0.3 is 10.2 Å². The molecule has 0 radical (unpaired) electrons. The Bertz CT molecular complexity index is 362. The van der Waals surface area contributed by atoms with Crippen molar-refractivity contribution in [2.75, 3.05) is 13.1 Å². The van der Waals surface area contributed by atoms with Gasteiger partial charge in [0.25, 0.3) is 0 Å². The van der Waals surface area contributed by atoms with E-state index in [1.165, 1.54) is 25.7 Å². The molecule has 2 fully saturated rings. The fourth-order valence-corrected chi connectivity index (χ4v) is 3.56. The van der Waals surface area contributed by atoms with Crippen molar-refractivity contribution in [3.63, 3.8) is 0 Å². The first-order valence-electron chi connectivity index (χ1n) is 8.68. The molecule has 1 heterocycles. The van der Waals surface area contributed by atoms with Crippen molar-refractivity contribution in [1.29, 1.82) is 0 Å². The molecule has 0 bridgehead atoms. The summed E-state index contributed by atoms with van der Waals surface area (Å²) in [6, 6.07) is -0.295. The molecule has 1 atom stereocenters. The number of hydrogen-bond acceptors (Lipinski definition) is 2. The molecule has 0 aromatic heterocycles. The van der Waals surface area contributed by atoms with Gasteiger partial charge in [0.2, 0.25) is 11.8 Å². The van der Waals surface area contributed by atoms with E-state index in [9.17, 15) is 9.59 Å². The summed E-state index contributed by atoms with van der Waals surface area (Å²) in [5, 5.41) is 2.87. The molecule has 2 amide bonds. The lowest BCUT2D eigenvalue weighted by Gasteiger charge is -2.29. The molecule has 1 saturated carbocycles. The highest BCUT2D eigenvalue weighted by Crippen LogP contribution is 2.30. The average molecular weight is 294 g/mol. The van der Waals surface area contributed by atoms with E-state index in [0.717, 1.165) is 37.6 Å². The molecule has 21 heavy (non-hydrogen) atoms. The monoisotopic (exact) mass is 294 g/mol. The number of amides is 2. The standard InChI is InChI=1S/C17H30N2O2/c1-3-4-15-17(21)19(12-10-16(20)18-15)11-9-14-7-5-13(2)6-8-14/h13-15H,3-12H2,1-2H3,(H,18,20). The van der Waals surface area contributed by atoms with Gasteiger partial charge in [0, 0.05) is 19.5 Å². The second kappa shape index (κ2) is 7.81. The van der Waals surface area contributed by atoms with Gasteiger partial charge in [-0.1, -0.05) is 46.0 Å². The molecule has 1 N–H and O–H groups in total. The molecule has 2 rings (SSSR count). The fraction of sp³-hybridized carbons (Fsp3) is 0.882. The van der Waals surface area contributed by atoms with Crippen LogP contribution in [0.5, 0.6) is 0 Å². The van der Waals surface area contributed by atoms with E-state index in [-0.39, 0.29) is 17.9 Å². The topological polar surface area (TPSA) is 49.4 Å². The maximum absolute atomic E-state index is 12.5. The third-order valence-electron chi connectivity index (χ3n) is 5.07. The molecule has 1 aliphatic carbocycles. The summed E-state index contributed by atoms with van der Waals surface area (Å²) >= 11 is 0. The van der Waals surface area contributed by atoms with Crippen LogP contribution in [0.15, 0.2) is 0 Å². The molecule has 4 nitrogen and oxygen atoms in total. The van der Waals surface area contributed by atoms with E-state index in [4.69, 9.17) is 0 Å². The third-order valence-corrected chi connectivity index (χ3v) is 5.07. The van der Waals surface area contributed by atoms with Gasteiger partial charge in [0.1, 0.15) is 6.04 Å². The quantitative estimate of drug-likeness (QED) is 0.847. The Kier molecular flexibility index (Phi) is 6.07. The molecule has 1 unspecified atom stereocenters. The van der Waals surface area contributed by atoms with Crippen molar-refractivity contribution in [2.45, 2.75) is 71.3 Å². The highest BCUT2D eigenvalue weighted by Gasteiger charge is 2.29. The molecular formula is C17H30N2O2. The van der Waals surface area contributed by atoms with Gasteiger partial charge in [-0.25, -0.2) is 0 Å². The summed E-state index contributed by atoms with van der Waals surface area (Å²) in [5.74, 6) is 1.80. The normalized spacial score (nSPS) is 31.0. The summed E-state index contributed by atoms with van der Waals surface area (Å²) in [6.45, 7) is 5.81. The van der Waals surface area contributed by atoms with Crippen LogP contribution in [0.2, 0.25) is 0 Å². The molecule has 0 aromatic carbocycles. The fourth-order valence-electron chi connectivity index (χ4n) is 3.56. The highest BCUT2D eigenvalue weighted by atomic mass is 16.2. The number of hydrogen-bond donors (Lipinski definition) is 1. The summed E-state index contributed by atoms with van der Waals surface area (Å²) in [5.41, 5.74) is 0. The van der Waals surface area contributed by atoms with Crippen LogP contribution in [0.25, 0.3) is 0 Å². The zero-order valence-corrected chi connectivity index (χ0v) is 13.6. The zero-order chi connectivity index (χ0) is 15.2. The lowest BCUT2D eigenvalue weighted by Crippen LogP contribution is -2.45. The smallest absolute Gasteiger partial charge is 0.245 e. The minimum atomic E-state index is -0.295. The first-order chi connectivity index (χ1) is 10.1. The van der Waals surface area contributed by atoms with Gasteiger partial charge in [0.05, 0.1) is 0 Å². The van der Waals surface area contributed by atoms with Crippen molar-refractivity contribution in [3.8, 4) is 0 Å². The van der Waals surface area contributed by atoms with Crippen LogP contribution >= 0.6 is 0 Å². The SMILES string of the molecule is CCCC1NC(=O)CCN(CCC2CCC(C)CC2)C1=O. The van der Waals surface area contributed by atoms with E-state index < -0.39 is 0 Å². The second-order valence-corrected chi connectivity index (χ2v) is 6.90. The summed E-state index contributed by atoms with van der Waals surface area (Å²) in [6.07, 6.45) is 8.50. The number of rotatable bonds is 5. The van der Waals surface area contributed by atoms with E-state index in [1.54, 1.807) is 0 Å². The zero-order valence-electron chi connectivity index (χ0n) is 13.6. The molecule has 4 heteroatoms. The van der Waals surface area contributed by atoms with Crippen molar-refractivity contribution < 1.29 is 9.59 Å². The third kappa shape index (κ3) is 4.72. The van der Waals surface area contributed by atoms with Crippen LogP contribution in [0.3, 0.4) is 0 Å². The second-order valence-electron chi connectivity index (χ2n) is 6.90. The van der Waals surface area contributed by atoms with Crippen molar-refractivity contribution in [1.82, 2.24) is 10.2 Å². The van der Waals surface area contributed by atoms with Crippen molar-refractivity contribution in [3.05, 3.63) is 0 Å². The predicted octanol–water partition coefficient (Wildman–Crippen LogP) is 2.72. The Morgan fingerprint density at radius 2 is 1.86 bits per heavy atom. The van der Waals surface area contributed by atoms with Gasteiger partial charge >= 0.3 is 0 Å². The molecule has 1 aliphatic heterocycles. The molecule has 0 aromatic rings. The number of carbonyl (C=O) groups excluding carboxylic acids is 2. The number of carbonyl (C=O) groups is 2. The Labute approximate surface area is 128 Å². The van der Waals surface area contributed by atoms with Crippen LogP contribution < -0.4 is 5.32 Å². The van der Waals surface area contributed by atoms with Gasteiger partial charge in [-0.2, -0.15) is 0 Å². The number of nitrogens with one attached hydrogen (secondary N) is 1. The average Bonchev–Trinajstić information content (AvgIpc) is 2.60. The van der Waals surface area contributed by atoms with Gasteiger partial charge in [0.15, 0.2) is 0 Å². The van der Waals surface area contributed by atoms with Crippen LogP contribution in [0.4, 0.5) is 0 Å². The van der Waals surface area contributed by atoms with Crippen LogP contribution in [0.1, 0.15) is 65.2 Å². The Hall–Kier alpha value is -1.06. The maximum atomic E-state index is 12.5. The van der Waals surface area contributed by atoms with Crippen LogP contribution in [-0.2, 0) is 9.59 Å².